The standard InChI is InChI=1S/C11H21N3S/c1-2-3-10(8-12)9-13-5-4-11-14-6-7-15-11/h6-7,10,13H,2-5,8-9,12H2,1H3. The molecule has 0 spiro atoms. The summed E-state index contributed by atoms with van der Waals surface area (Å²) in [6.45, 7) is 5.04. The van der Waals surface area contributed by atoms with Crippen LogP contribution in [0, 0.1) is 5.92 Å². The number of nitrogens with two attached hydrogens (primary N) is 1. The molecule has 1 heterocycles. The highest BCUT2D eigenvalue weighted by atomic mass is 32.1. The van der Waals surface area contributed by atoms with Crippen molar-refractivity contribution in [1.82, 2.24) is 10.3 Å². The first-order valence-electron chi connectivity index (χ1n) is 5.66. The summed E-state index contributed by atoms with van der Waals surface area (Å²) in [6.07, 6.45) is 5.33. The summed E-state index contributed by atoms with van der Waals surface area (Å²) in [7, 11) is 0. The molecule has 0 radical (unpaired) electrons. The van der Waals surface area contributed by atoms with Crippen molar-refractivity contribution < 1.29 is 0 Å². The van der Waals surface area contributed by atoms with E-state index in [9.17, 15) is 0 Å². The van der Waals surface area contributed by atoms with Crippen molar-refractivity contribution in [2.75, 3.05) is 19.6 Å². The molecule has 0 amide bonds. The van der Waals surface area contributed by atoms with Gasteiger partial charge in [-0.25, -0.2) is 4.98 Å². The quantitative estimate of drug-likeness (QED) is 0.664. The van der Waals surface area contributed by atoms with Gasteiger partial charge in [-0.15, -0.1) is 11.3 Å². The summed E-state index contributed by atoms with van der Waals surface area (Å²) in [5.74, 6) is 0.631. The normalized spacial score (nSPS) is 12.9. The summed E-state index contributed by atoms with van der Waals surface area (Å²) < 4.78 is 0. The number of aromatic nitrogens is 1. The first-order valence-corrected chi connectivity index (χ1v) is 6.54. The van der Waals surface area contributed by atoms with Crippen molar-refractivity contribution in [1.29, 1.82) is 0 Å². The number of thiazole rings is 1. The molecule has 0 saturated heterocycles. The van der Waals surface area contributed by atoms with Gasteiger partial charge in [-0.3, -0.25) is 0 Å². The Hall–Kier alpha value is -0.450. The van der Waals surface area contributed by atoms with E-state index in [-0.39, 0.29) is 0 Å². The maximum atomic E-state index is 5.69. The van der Waals surface area contributed by atoms with Crippen LogP contribution in [0.15, 0.2) is 11.6 Å². The predicted octanol–water partition coefficient (Wildman–Crippen LogP) is 1.65. The van der Waals surface area contributed by atoms with Gasteiger partial charge in [0.05, 0.1) is 5.01 Å². The molecule has 0 fully saturated rings. The fourth-order valence-corrected chi connectivity index (χ4v) is 2.21. The van der Waals surface area contributed by atoms with Crippen LogP contribution in [-0.2, 0) is 6.42 Å². The third kappa shape index (κ3) is 5.25. The van der Waals surface area contributed by atoms with Crippen molar-refractivity contribution in [2.24, 2.45) is 11.7 Å². The molecule has 0 aliphatic rings. The van der Waals surface area contributed by atoms with Crippen LogP contribution in [0.3, 0.4) is 0 Å². The largest absolute Gasteiger partial charge is 0.330 e. The van der Waals surface area contributed by atoms with Crippen LogP contribution >= 0.6 is 11.3 Å². The monoisotopic (exact) mass is 227 g/mol. The number of nitrogens with zero attached hydrogens (tertiary/aromatic N) is 1. The Bertz CT molecular complexity index is 236. The third-order valence-electron chi connectivity index (χ3n) is 2.46. The fraction of sp³-hybridized carbons (Fsp3) is 0.727. The van der Waals surface area contributed by atoms with E-state index in [1.54, 1.807) is 11.3 Å². The van der Waals surface area contributed by atoms with Crippen LogP contribution in [0.2, 0.25) is 0 Å². The minimum absolute atomic E-state index is 0.631. The highest BCUT2D eigenvalue weighted by Gasteiger charge is 2.04. The lowest BCUT2D eigenvalue weighted by molar-refractivity contribution is 0.451. The zero-order chi connectivity index (χ0) is 10.9. The van der Waals surface area contributed by atoms with Gasteiger partial charge in [0.2, 0.25) is 0 Å². The molecule has 1 aromatic rings. The zero-order valence-corrected chi connectivity index (χ0v) is 10.2. The molecule has 15 heavy (non-hydrogen) atoms. The van der Waals surface area contributed by atoms with E-state index in [0.717, 1.165) is 26.1 Å². The maximum absolute atomic E-state index is 5.69. The molecule has 4 heteroatoms. The first-order chi connectivity index (χ1) is 7.36. The van der Waals surface area contributed by atoms with Gasteiger partial charge >= 0.3 is 0 Å². The van der Waals surface area contributed by atoms with E-state index in [1.807, 2.05) is 11.6 Å². The van der Waals surface area contributed by atoms with Crippen LogP contribution in [0.1, 0.15) is 24.8 Å². The van der Waals surface area contributed by atoms with Crippen LogP contribution in [0.5, 0.6) is 0 Å². The lowest BCUT2D eigenvalue weighted by Gasteiger charge is -2.13. The molecule has 1 unspecified atom stereocenters. The second-order valence-electron chi connectivity index (χ2n) is 3.77. The maximum Gasteiger partial charge on any atom is 0.0937 e. The second-order valence-corrected chi connectivity index (χ2v) is 4.75. The molecule has 1 rings (SSSR count). The highest BCUT2D eigenvalue weighted by molar-refractivity contribution is 7.09. The molecule has 0 saturated carbocycles. The van der Waals surface area contributed by atoms with Crippen molar-refractivity contribution >= 4 is 11.3 Å². The van der Waals surface area contributed by atoms with Crippen LogP contribution in [0.4, 0.5) is 0 Å². The Kier molecular flexibility index (Phi) is 6.55. The molecule has 0 aromatic carbocycles. The predicted molar refractivity (Wildman–Crippen MR) is 66.1 cm³/mol. The molecule has 1 aromatic heterocycles. The third-order valence-corrected chi connectivity index (χ3v) is 3.30. The Morgan fingerprint density at radius 2 is 2.47 bits per heavy atom. The number of rotatable bonds is 8. The van der Waals surface area contributed by atoms with Crippen LogP contribution < -0.4 is 11.1 Å². The zero-order valence-electron chi connectivity index (χ0n) is 9.41. The Morgan fingerprint density at radius 3 is 3.07 bits per heavy atom. The van der Waals surface area contributed by atoms with Crippen molar-refractivity contribution in [3.05, 3.63) is 16.6 Å². The lowest BCUT2D eigenvalue weighted by Crippen LogP contribution is -2.29. The van der Waals surface area contributed by atoms with E-state index in [0.29, 0.717) is 5.92 Å². The van der Waals surface area contributed by atoms with E-state index in [1.165, 1.54) is 17.8 Å². The summed E-state index contributed by atoms with van der Waals surface area (Å²) in [6, 6.07) is 0. The van der Waals surface area contributed by atoms with Gasteiger partial charge in [-0.05, 0) is 25.4 Å². The smallest absolute Gasteiger partial charge is 0.0937 e. The summed E-state index contributed by atoms with van der Waals surface area (Å²) >= 11 is 1.72. The Morgan fingerprint density at radius 1 is 1.60 bits per heavy atom. The summed E-state index contributed by atoms with van der Waals surface area (Å²) in [5.41, 5.74) is 5.69. The molecule has 0 aliphatic heterocycles. The topological polar surface area (TPSA) is 50.9 Å². The van der Waals surface area contributed by atoms with E-state index >= 15 is 0 Å². The fourth-order valence-electron chi connectivity index (χ4n) is 1.59. The van der Waals surface area contributed by atoms with Gasteiger partial charge in [-0.2, -0.15) is 0 Å². The number of hydrogen-bond acceptors (Lipinski definition) is 4. The van der Waals surface area contributed by atoms with Gasteiger partial charge in [-0.1, -0.05) is 13.3 Å². The highest BCUT2D eigenvalue weighted by Crippen LogP contribution is 2.05. The first kappa shape index (κ1) is 12.6. The van der Waals surface area contributed by atoms with Gasteiger partial charge in [0.1, 0.15) is 0 Å². The van der Waals surface area contributed by atoms with E-state index in [4.69, 9.17) is 5.73 Å². The van der Waals surface area contributed by atoms with Crippen molar-refractivity contribution in [3.8, 4) is 0 Å². The summed E-state index contributed by atoms with van der Waals surface area (Å²) in [4.78, 5) is 4.24. The average Bonchev–Trinajstić information content (AvgIpc) is 2.75. The van der Waals surface area contributed by atoms with Crippen molar-refractivity contribution in [2.45, 2.75) is 26.2 Å². The molecule has 1 atom stereocenters. The number of hydrogen-bond donors (Lipinski definition) is 2. The molecule has 0 bridgehead atoms. The van der Waals surface area contributed by atoms with E-state index < -0.39 is 0 Å². The summed E-state index contributed by atoms with van der Waals surface area (Å²) in [5, 5.41) is 6.68. The molecular weight excluding hydrogens is 206 g/mol. The minimum atomic E-state index is 0.631. The minimum Gasteiger partial charge on any atom is -0.330 e. The van der Waals surface area contributed by atoms with Gasteiger partial charge in [0.25, 0.3) is 0 Å². The van der Waals surface area contributed by atoms with Gasteiger partial charge in [0.15, 0.2) is 0 Å². The Balaban J connectivity index is 2.05. The van der Waals surface area contributed by atoms with Gasteiger partial charge < -0.3 is 11.1 Å². The van der Waals surface area contributed by atoms with E-state index in [2.05, 4.69) is 17.2 Å². The molecule has 86 valence electrons. The molecule has 3 nitrogen and oxygen atoms in total. The average molecular weight is 227 g/mol. The molecular formula is C11H21N3S. The molecule has 0 aliphatic carbocycles. The Labute approximate surface area is 96.1 Å². The second kappa shape index (κ2) is 7.79. The number of nitrogens with one attached hydrogen (secondary N) is 1. The van der Waals surface area contributed by atoms with Gasteiger partial charge in [0, 0.05) is 24.5 Å². The van der Waals surface area contributed by atoms with Crippen molar-refractivity contribution in [3.63, 3.8) is 0 Å². The SMILES string of the molecule is CCCC(CN)CNCCc1nccs1. The van der Waals surface area contributed by atoms with Crippen LogP contribution in [0.25, 0.3) is 0 Å². The molecule has 3 N–H and O–H groups in total. The lowest BCUT2D eigenvalue weighted by atomic mass is 10.0. The van der Waals surface area contributed by atoms with Crippen LogP contribution in [-0.4, -0.2) is 24.6 Å².